The molecule has 102 valence electrons. The molecule has 0 spiro atoms. The zero-order valence-electron chi connectivity index (χ0n) is 9.75. The van der Waals surface area contributed by atoms with Gasteiger partial charge < -0.3 is 10.4 Å². The second kappa shape index (κ2) is 5.09. The molecule has 0 aliphatic rings. The van der Waals surface area contributed by atoms with Crippen LogP contribution in [-0.2, 0) is 0 Å². The highest BCUT2D eigenvalue weighted by molar-refractivity contribution is 5.48. The lowest BCUT2D eigenvalue weighted by Gasteiger charge is -2.22. The van der Waals surface area contributed by atoms with E-state index in [0.717, 1.165) is 0 Å². The molecular weight excluding hydrogens is 257 g/mol. The minimum atomic E-state index is -2.21. The maximum absolute atomic E-state index is 13.2. The van der Waals surface area contributed by atoms with Crippen molar-refractivity contribution in [3.63, 3.8) is 0 Å². The van der Waals surface area contributed by atoms with Gasteiger partial charge >= 0.3 is 0 Å². The lowest BCUT2D eigenvalue weighted by atomic mass is 10.0. The van der Waals surface area contributed by atoms with Crippen LogP contribution in [0.15, 0.2) is 0 Å². The van der Waals surface area contributed by atoms with Gasteiger partial charge in [-0.1, -0.05) is 6.92 Å². The van der Waals surface area contributed by atoms with E-state index in [1.165, 1.54) is 6.92 Å². The molecule has 0 fully saturated rings. The van der Waals surface area contributed by atoms with Crippen molar-refractivity contribution < 1.29 is 27.1 Å². The third-order valence-corrected chi connectivity index (χ3v) is 2.62. The first kappa shape index (κ1) is 14.7. The quantitative estimate of drug-likeness (QED) is 0.500. The number of hydrogen-bond acceptors (Lipinski definition) is 2. The van der Waals surface area contributed by atoms with Gasteiger partial charge in [0, 0.05) is 6.54 Å². The van der Waals surface area contributed by atoms with Crippen LogP contribution in [0.1, 0.15) is 20.3 Å². The molecule has 1 unspecified atom stereocenters. The molecule has 0 saturated heterocycles. The van der Waals surface area contributed by atoms with Crippen molar-refractivity contribution >= 4 is 5.69 Å². The summed E-state index contributed by atoms with van der Waals surface area (Å²) < 4.78 is 64.8. The van der Waals surface area contributed by atoms with E-state index in [9.17, 15) is 27.1 Å². The normalized spacial score (nSPS) is 14.4. The molecule has 2 nitrogen and oxygen atoms in total. The van der Waals surface area contributed by atoms with Crippen molar-refractivity contribution in [3.05, 3.63) is 29.1 Å². The highest BCUT2D eigenvalue weighted by Gasteiger charge is 2.27. The SMILES string of the molecule is CCC(C)(O)CNc1c(F)c(F)c(F)c(F)c1F. The van der Waals surface area contributed by atoms with E-state index >= 15 is 0 Å². The maximum Gasteiger partial charge on any atom is 0.200 e. The zero-order valence-corrected chi connectivity index (χ0v) is 9.75. The van der Waals surface area contributed by atoms with Crippen LogP contribution in [0.3, 0.4) is 0 Å². The number of hydrogen-bond donors (Lipinski definition) is 2. The van der Waals surface area contributed by atoms with Crippen LogP contribution in [0.4, 0.5) is 27.6 Å². The number of aliphatic hydroxyl groups is 1. The van der Waals surface area contributed by atoms with Gasteiger partial charge in [0.2, 0.25) is 5.82 Å². The van der Waals surface area contributed by atoms with E-state index in [0.29, 0.717) is 0 Å². The van der Waals surface area contributed by atoms with Crippen LogP contribution >= 0.6 is 0 Å². The van der Waals surface area contributed by atoms with Gasteiger partial charge in [0.15, 0.2) is 23.3 Å². The molecule has 1 atom stereocenters. The first-order valence-corrected chi connectivity index (χ1v) is 5.19. The van der Waals surface area contributed by atoms with Crippen LogP contribution in [0, 0.1) is 29.1 Å². The van der Waals surface area contributed by atoms with Gasteiger partial charge in [-0.2, -0.15) is 0 Å². The van der Waals surface area contributed by atoms with Crippen molar-refractivity contribution in [1.29, 1.82) is 0 Å². The van der Waals surface area contributed by atoms with Crippen LogP contribution in [0.5, 0.6) is 0 Å². The van der Waals surface area contributed by atoms with Gasteiger partial charge in [-0.15, -0.1) is 0 Å². The average Bonchev–Trinajstić information content (AvgIpc) is 2.34. The monoisotopic (exact) mass is 269 g/mol. The van der Waals surface area contributed by atoms with E-state index in [4.69, 9.17) is 0 Å². The minimum absolute atomic E-state index is 0.245. The van der Waals surface area contributed by atoms with E-state index in [2.05, 4.69) is 0 Å². The van der Waals surface area contributed by atoms with E-state index in [1.807, 2.05) is 5.32 Å². The number of halogens is 5. The lowest BCUT2D eigenvalue weighted by molar-refractivity contribution is 0.0695. The van der Waals surface area contributed by atoms with E-state index in [-0.39, 0.29) is 13.0 Å². The summed E-state index contributed by atoms with van der Waals surface area (Å²) >= 11 is 0. The van der Waals surface area contributed by atoms with Crippen LogP contribution in [0.2, 0.25) is 0 Å². The number of anilines is 1. The molecule has 18 heavy (non-hydrogen) atoms. The van der Waals surface area contributed by atoms with Crippen molar-refractivity contribution in [2.75, 3.05) is 11.9 Å². The summed E-state index contributed by atoms with van der Waals surface area (Å²) in [5.74, 6) is -10.1. The van der Waals surface area contributed by atoms with Gasteiger partial charge in [-0.3, -0.25) is 0 Å². The van der Waals surface area contributed by atoms with E-state index < -0.39 is 40.4 Å². The molecule has 0 aromatic heterocycles. The van der Waals surface area contributed by atoms with Crippen LogP contribution < -0.4 is 5.32 Å². The molecule has 0 aliphatic carbocycles. The van der Waals surface area contributed by atoms with Crippen molar-refractivity contribution in [1.82, 2.24) is 0 Å². The Hall–Kier alpha value is -1.37. The molecule has 0 bridgehead atoms. The number of nitrogens with one attached hydrogen (secondary N) is 1. The predicted octanol–water partition coefficient (Wildman–Crippen LogP) is 2.96. The van der Waals surface area contributed by atoms with E-state index in [1.54, 1.807) is 6.92 Å². The Morgan fingerprint density at radius 2 is 1.33 bits per heavy atom. The first-order valence-electron chi connectivity index (χ1n) is 5.19. The molecule has 0 saturated carbocycles. The molecule has 0 amide bonds. The summed E-state index contributed by atoms with van der Waals surface area (Å²) in [5, 5.41) is 11.6. The first-order chi connectivity index (χ1) is 8.21. The Kier molecular flexibility index (Phi) is 4.16. The van der Waals surface area contributed by atoms with Crippen molar-refractivity contribution in [2.24, 2.45) is 0 Å². The summed E-state index contributed by atoms with van der Waals surface area (Å²) in [5.41, 5.74) is -2.46. The molecule has 0 heterocycles. The van der Waals surface area contributed by atoms with Crippen LogP contribution in [-0.4, -0.2) is 17.3 Å². The standard InChI is InChI=1S/C11H12F5NO/c1-3-11(2,18)4-17-10-8(15)6(13)5(12)7(14)9(10)16/h17-18H,3-4H2,1-2H3. The molecule has 0 radical (unpaired) electrons. The minimum Gasteiger partial charge on any atom is -0.388 e. The molecule has 2 N–H and O–H groups in total. The third-order valence-electron chi connectivity index (χ3n) is 2.62. The fourth-order valence-corrected chi connectivity index (χ4v) is 1.16. The second-order valence-electron chi connectivity index (χ2n) is 4.15. The molecule has 0 aliphatic heterocycles. The Balaban J connectivity index is 3.11. The topological polar surface area (TPSA) is 32.3 Å². The molecule has 1 rings (SSSR count). The fraction of sp³-hybridized carbons (Fsp3) is 0.455. The number of benzene rings is 1. The zero-order chi connectivity index (χ0) is 14.1. The van der Waals surface area contributed by atoms with Crippen molar-refractivity contribution in [2.45, 2.75) is 25.9 Å². The Morgan fingerprint density at radius 3 is 1.72 bits per heavy atom. The second-order valence-corrected chi connectivity index (χ2v) is 4.15. The average molecular weight is 269 g/mol. The fourth-order valence-electron chi connectivity index (χ4n) is 1.16. The maximum atomic E-state index is 13.2. The van der Waals surface area contributed by atoms with Gasteiger partial charge in [0.25, 0.3) is 0 Å². The summed E-state index contributed by atoms with van der Waals surface area (Å²) in [6.07, 6.45) is 0.245. The van der Waals surface area contributed by atoms with Crippen molar-refractivity contribution in [3.8, 4) is 0 Å². The highest BCUT2D eigenvalue weighted by Crippen LogP contribution is 2.27. The van der Waals surface area contributed by atoms with Crippen LogP contribution in [0.25, 0.3) is 0 Å². The lowest BCUT2D eigenvalue weighted by Crippen LogP contribution is -2.33. The van der Waals surface area contributed by atoms with Gasteiger partial charge in [0.05, 0.1) is 5.60 Å². The smallest absolute Gasteiger partial charge is 0.200 e. The summed E-state index contributed by atoms with van der Waals surface area (Å²) in [6, 6.07) is 0. The summed E-state index contributed by atoms with van der Waals surface area (Å²) in [7, 11) is 0. The van der Waals surface area contributed by atoms with Gasteiger partial charge in [0.1, 0.15) is 5.69 Å². The Labute approximate surface area is 100 Å². The Morgan fingerprint density at radius 1 is 0.944 bits per heavy atom. The molecule has 7 heteroatoms. The highest BCUT2D eigenvalue weighted by atomic mass is 19.2. The molecule has 1 aromatic rings. The number of rotatable bonds is 4. The predicted molar refractivity (Wildman–Crippen MR) is 55.6 cm³/mol. The Bertz CT molecular complexity index is 432. The summed E-state index contributed by atoms with van der Waals surface area (Å²) in [4.78, 5) is 0. The largest absolute Gasteiger partial charge is 0.388 e. The van der Waals surface area contributed by atoms with Gasteiger partial charge in [-0.25, -0.2) is 22.0 Å². The summed E-state index contributed by atoms with van der Waals surface area (Å²) in [6.45, 7) is 2.63. The van der Waals surface area contributed by atoms with Gasteiger partial charge in [-0.05, 0) is 13.3 Å². The molecule has 1 aromatic carbocycles. The third kappa shape index (κ3) is 2.72. The molecular formula is C11H12F5NO.